The third kappa shape index (κ3) is 3.55. The van der Waals surface area contributed by atoms with E-state index in [0.717, 1.165) is 12.2 Å². The van der Waals surface area contributed by atoms with Gasteiger partial charge in [-0.2, -0.15) is 0 Å². The average molecular weight is 212 g/mol. The van der Waals surface area contributed by atoms with Gasteiger partial charge in [-0.25, -0.2) is 0 Å². The lowest BCUT2D eigenvalue weighted by Crippen LogP contribution is -2.38. The maximum atomic E-state index is 5.39. The van der Waals surface area contributed by atoms with Gasteiger partial charge >= 0.3 is 0 Å². The molecule has 0 saturated carbocycles. The molecule has 1 heteroatoms. The minimum absolute atomic E-state index is 0.0139. The quantitative estimate of drug-likeness (QED) is 0.619. The van der Waals surface area contributed by atoms with E-state index in [4.69, 9.17) is 4.74 Å². The molecule has 0 aromatic carbocycles. The summed E-state index contributed by atoms with van der Waals surface area (Å²) in [7, 11) is 1.72. The fraction of sp³-hybridized carbons (Fsp3) is 0.857. The summed E-state index contributed by atoms with van der Waals surface area (Å²) in [6.07, 6.45) is 1.08. The van der Waals surface area contributed by atoms with E-state index >= 15 is 0 Å². The summed E-state index contributed by atoms with van der Waals surface area (Å²) in [5.41, 5.74) is 0.455. The molecule has 0 aromatic rings. The minimum atomic E-state index is 0.0139. The van der Waals surface area contributed by atoms with Crippen LogP contribution in [-0.2, 0) is 4.74 Å². The second-order valence-electron chi connectivity index (χ2n) is 6.95. The third-order valence-corrected chi connectivity index (χ3v) is 3.40. The third-order valence-electron chi connectivity index (χ3n) is 3.40. The maximum absolute atomic E-state index is 5.39. The van der Waals surface area contributed by atoms with E-state index in [2.05, 4.69) is 55.0 Å². The summed E-state index contributed by atoms with van der Waals surface area (Å²) in [6, 6.07) is 0. The molecule has 0 aliphatic heterocycles. The molecule has 0 amide bonds. The normalized spacial score (nSPS) is 17.1. The van der Waals surface area contributed by atoms with Gasteiger partial charge in [0.05, 0.1) is 12.9 Å². The molecule has 0 heterocycles. The largest absolute Gasteiger partial charge is 0.501 e. The van der Waals surface area contributed by atoms with E-state index in [1.165, 1.54) is 0 Å². The lowest BCUT2D eigenvalue weighted by molar-refractivity contribution is 0.0352. The Kier molecular flexibility index (Phi) is 4.06. The van der Waals surface area contributed by atoms with E-state index < -0.39 is 0 Å². The monoisotopic (exact) mass is 212 g/mol. The molecule has 90 valence electrons. The predicted molar refractivity (Wildman–Crippen MR) is 67.8 cm³/mol. The fourth-order valence-electron chi connectivity index (χ4n) is 2.07. The van der Waals surface area contributed by atoms with Gasteiger partial charge in [-0.05, 0) is 17.3 Å². The van der Waals surface area contributed by atoms with Crippen LogP contribution in [0.3, 0.4) is 0 Å². The molecule has 0 bridgehead atoms. The van der Waals surface area contributed by atoms with Crippen molar-refractivity contribution in [1.82, 2.24) is 0 Å². The molecule has 0 aliphatic rings. The summed E-state index contributed by atoms with van der Waals surface area (Å²) in [6.45, 7) is 19.9. The Balaban J connectivity index is 5.14. The van der Waals surface area contributed by atoms with Gasteiger partial charge in [-0.15, -0.1) is 0 Å². The maximum Gasteiger partial charge on any atom is 0.0948 e. The van der Waals surface area contributed by atoms with Crippen molar-refractivity contribution in [3.05, 3.63) is 12.3 Å². The Morgan fingerprint density at radius 1 is 1.00 bits per heavy atom. The number of rotatable bonds is 3. The topological polar surface area (TPSA) is 9.23 Å². The van der Waals surface area contributed by atoms with Gasteiger partial charge in [0, 0.05) is 5.41 Å². The SMILES string of the molecule is C=C(OC)C(C)(CC(C)(C)C)C(C)(C)C. The van der Waals surface area contributed by atoms with Crippen LogP contribution in [0, 0.1) is 16.2 Å². The van der Waals surface area contributed by atoms with Crippen LogP contribution in [0.1, 0.15) is 54.9 Å². The van der Waals surface area contributed by atoms with Gasteiger partial charge in [0.15, 0.2) is 0 Å². The summed E-state index contributed by atoms with van der Waals surface area (Å²) < 4.78 is 5.39. The first-order valence-electron chi connectivity index (χ1n) is 5.67. The van der Waals surface area contributed by atoms with Crippen molar-refractivity contribution in [3.8, 4) is 0 Å². The second-order valence-corrected chi connectivity index (χ2v) is 6.95. The van der Waals surface area contributed by atoms with Crippen LogP contribution >= 0.6 is 0 Å². The highest BCUT2D eigenvalue weighted by atomic mass is 16.5. The van der Waals surface area contributed by atoms with Crippen LogP contribution in [0.25, 0.3) is 0 Å². The Labute approximate surface area is 95.9 Å². The van der Waals surface area contributed by atoms with E-state index in [1.54, 1.807) is 7.11 Å². The molecule has 0 rings (SSSR count). The molecule has 0 fully saturated rings. The summed E-state index contributed by atoms with van der Waals surface area (Å²) in [5.74, 6) is 0.893. The molecule has 1 nitrogen and oxygen atoms in total. The highest BCUT2D eigenvalue weighted by molar-refractivity contribution is 5.08. The zero-order chi connectivity index (χ0) is 12.5. The number of hydrogen-bond acceptors (Lipinski definition) is 1. The van der Waals surface area contributed by atoms with Gasteiger partial charge in [0.1, 0.15) is 0 Å². The zero-order valence-corrected chi connectivity index (χ0v) is 11.8. The molecular formula is C14H28O. The molecule has 1 unspecified atom stereocenters. The van der Waals surface area contributed by atoms with Crippen LogP contribution in [0.15, 0.2) is 12.3 Å². The lowest BCUT2D eigenvalue weighted by atomic mass is 9.60. The van der Waals surface area contributed by atoms with Gasteiger partial charge in [-0.3, -0.25) is 0 Å². The van der Waals surface area contributed by atoms with Crippen molar-refractivity contribution in [2.45, 2.75) is 54.9 Å². The molecule has 15 heavy (non-hydrogen) atoms. The highest BCUT2D eigenvalue weighted by Gasteiger charge is 2.43. The first-order valence-corrected chi connectivity index (χ1v) is 5.67. The molecule has 0 spiro atoms. The minimum Gasteiger partial charge on any atom is -0.501 e. The standard InChI is InChI=1S/C14H28O/c1-11(15-9)14(8,13(5,6)7)10-12(2,3)4/h1,10H2,2-9H3. The molecule has 0 aliphatic carbocycles. The van der Waals surface area contributed by atoms with Gasteiger partial charge < -0.3 is 4.74 Å². The zero-order valence-electron chi connectivity index (χ0n) is 11.8. The second kappa shape index (κ2) is 4.19. The smallest absolute Gasteiger partial charge is 0.0948 e. The van der Waals surface area contributed by atoms with Crippen molar-refractivity contribution in [2.24, 2.45) is 16.2 Å². The molecular weight excluding hydrogens is 184 g/mol. The molecule has 1 atom stereocenters. The average Bonchev–Trinajstić information content (AvgIpc) is 1.97. The van der Waals surface area contributed by atoms with E-state index in [-0.39, 0.29) is 16.2 Å². The fourth-order valence-corrected chi connectivity index (χ4v) is 2.07. The first-order chi connectivity index (χ1) is 6.44. The van der Waals surface area contributed by atoms with Crippen LogP contribution in [0.4, 0.5) is 0 Å². The number of allylic oxidation sites excluding steroid dienone is 1. The van der Waals surface area contributed by atoms with Crippen LogP contribution in [0.2, 0.25) is 0 Å². The van der Waals surface area contributed by atoms with Crippen molar-refractivity contribution < 1.29 is 4.74 Å². The van der Waals surface area contributed by atoms with Crippen LogP contribution in [-0.4, -0.2) is 7.11 Å². The molecule has 0 radical (unpaired) electrons. The first kappa shape index (κ1) is 14.5. The number of methoxy groups -OCH3 is 1. The van der Waals surface area contributed by atoms with Gasteiger partial charge in [0.25, 0.3) is 0 Å². The molecule has 0 saturated heterocycles. The molecule has 0 N–H and O–H groups in total. The van der Waals surface area contributed by atoms with Crippen LogP contribution in [0.5, 0.6) is 0 Å². The van der Waals surface area contributed by atoms with Crippen molar-refractivity contribution >= 4 is 0 Å². The van der Waals surface area contributed by atoms with E-state index in [9.17, 15) is 0 Å². The number of ether oxygens (including phenoxy) is 1. The van der Waals surface area contributed by atoms with Crippen molar-refractivity contribution in [3.63, 3.8) is 0 Å². The van der Waals surface area contributed by atoms with Crippen molar-refractivity contribution in [2.75, 3.05) is 7.11 Å². The van der Waals surface area contributed by atoms with Crippen molar-refractivity contribution in [1.29, 1.82) is 0 Å². The summed E-state index contributed by atoms with van der Waals surface area (Å²) in [5, 5.41) is 0. The highest BCUT2D eigenvalue weighted by Crippen LogP contribution is 2.50. The molecule has 0 aromatic heterocycles. The van der Waals surface area contributed by atoms with E-state index in [0.29, 0.717) is 0 Å². The number of hydrogen-bond donors (Lipinski definition) is 0. The Hall–Kier alpha value is -0.460. The van der Waals surface area contributed by atoms with E-state index in [1.807, 2.05) is 0 Å². The lowest BCUT2D eigenvalue weighted by Gasteiger charge is -2.46. The summed E-state index contributed by atoms with van der Waals surface area (Å²) >= 11 is 0. The van der Waals surface area contributed by atoms with Gasteiger partial charge in [-0.1, -0.05) is 55.0 Å². The van der Waals surface area contributed by atoms with Crippen LogP contribution < -0.4 is 0 Å². The predicted octanol–water partition coefficient (Wildman–Crippen LogP) is 4.64. The Morgan fingerprint density at radius 3 is 1.60 bits per heavy atom. The Bertz CT molecular complexity index is 227. The van der Waals surface area contributed by atoms with Gasteiger partial charge in [0.2, 0.25) is 0 Å². The summed E-state index contributed by atoms with van der Waals surface area (Å²) in [4.78, 5) is 0. The Morgan fingerprint density at radius 2 is 1.40 bits per heavy atom.